The Morgan fingerprint density at radius 3 is 2.57 bits per heavy atom. The van der Waals surface area contributed by atoms with Crippen molar-refractivity contribution in [3.05, 3.63) is 71.4 Å². The Morgan fingerprint density at radius 2 is 1.83 bits per heavy atom. The molecule has 1 aliphatic carbocycles. The molecule has 6 nitrogen and oxygen atoms in total. The van der Waals surface area contributed by atoms with Crippen LogP contribution >= 0.6 is 11.8 Å². The van der Waals surface area contributed by atoms with E-state index in [4.69, 9.17) is 4.52 Å². The second kappa shape index (κ2) is 7.72. The summed E-state index contributed by atoms with van der Waals surface area (Å²) in [7, 11) is 0. The zero-order chi connectivity index (χ0) is 20.7. The van der Waals surface area contributed by atoms with Gasteiger partial charge in [0.25, 0.3) is 0 Å². The lowest BCUT2D eigenvalue weighted by Crippen LogP contribution is -2.02. The van der Waals surface area contributed by atoms with Gasteiger partial charge in [0.2, 0.25) is 5.89 Å². The number of nitrogens with zero attached hydrogens (tertiary/aromatic N) is 5. The highest BCUT2D eigenvalue weighted by atomic mass is 32.2. The van der Waals surface area contributed by atoms with Crippen LogP contribution in [0.2, 0.25) is 0 Å². The van der Waals surface area contributed by atoms with Gasteiger partial charge in [-0.15, -0.1) is 10.2 Å². The molecule has 1 aliphatic rings. The van der Waals surface area contributed by atoms with Crippen LogP contribution in [0.15, 0.2) is 58.2 Å². The molecule has 1 unspecified atom stereocenters. The molecule has 2 aromatic heterocycles. The van der Waals surface area contributed by atoms with E-state index in [9.17, 15) is 0 Å². The average Bonchev–Trinajstić information content (AvgIpc) is 3.33. The molecule has 0 amide bonds. The Morgan fingerprint density at radius 1 is 1.03 bits per heavy atom. The molecule has 4 aromatic rings. The van der Waals surface area contributed by atoms with Crippen molar-refractivity contribution in [3.8, 4) is 17.1 Å². The van der Waals surface area contributed by atoms with Crippen LogP contribution in [0.3, 0.4) is 0 Å². The Kier molecular flexibility index (Phi) is 4.90. The molecule has 0 spiro atoms. The molecule has 0 aliphatic heterocycles. The number of hydrogen-bond donors (Lipinski definition) is 0. The molecule has 5 rings (SSSR count). The Balaban J connectivity index is 1.53. The molecule has 2 heterocycles. The lowest BCUT2D eigenvalue weighted by atomic mass is 10.1. The fourth-order valence-electron chi connectivity index (χ4n) is 3.35. The molecule has 30 heavy (non-hydrogen) atoms. The van der Waals surface area contributed by atoms with Gasteiger partial charge in [-0.2, -0.15) is 4.98 Å². The summed E-state index contributed by atoms with van der Waals surface area (Å²) in [5, 5.41) is 14.0. The van der Waals surface area contributed by atoms with E-state index < -0.39 is 0 Å². The van der Waals surface area contributed by atoms with E-state index in [0.717, 1.165) is 40.9 Å². The van der Waals surface area contributed by atoms with Gasteiger partial charge in [0.1, 0.15) is 0 Å². The zero-order valence-electron chi connectivity index (χ0n) is 17.2. The first kappa shape index (κ1) is 19.1. The first-order valence-electron chi connectivity index (χ1n) is 10.2. The van der Waals surface area contributed by atoms with Gasteiger partial charge in [0.15, 0.2) is 16.8 Å². The summed E-state index contributed by atoms with van der Waals surface area (Å²) < 4.78 is 7.64. The summed E-state index contributed by atoms with van der Waals surface area (Å²) in [4.78, 5) is 4.61. The molecule has 2 aromatic carbocycles. The van der Waals surface area contributed by atoms with Gasteiger partial charge in [-0.05, 0) is 56.9 Å². The average molecular weight is 418 g/mol. The summed E-state index contributed by atoms with van der Waals surface area (Å²) in [6.45, 7) is 6.31. The van der Waals surface area contributed by atoms with Crippen LogP contribution < -0.4 is 0 Å². The number of aromatic nitrogens is 5. The number of rotatable bonds is 6. The standard InChI is InChI=1S/C23H23N5OS/c1-14-9-12-19(13-15(14)2)28-21(18-7-5-4-6-8-18)25-26-23(28)30-16(3)22-24-20(27-29-22)17-10-11-17/h4-9,12-13,16-17H,10-11H2,1-3H3. The van der Waals surface area contributed by atoms with Crippen molar-refractivity contribution in [2.75, 3.05) is 0 Å². The maximum Gasteiger partial charge on any atom is 0.239 e. The third-order valence-corrected chi connectivity index (χ3v) is 6.47. The summed E-state index contributed by atoms with van der Waals surface area (Å²) in [6, 6.07) is 16.6. The summed E-state index contributed by atoms with van der Waals surface area (Å²) >= 11 is 1.58. The van der Waals surface area contributed by atoms with Gasteiger partial charge in [-0.25, -0.2) is 0 Å². The van der Waals surface area contributed by atoms with E-state index in [1.54, 1.807) is 11.8 Å². The number of aryl methyl sites for hydroxylation is 2. The Bertz CT molecular complexity index is 1180. The minimum Gasteiger partial charge on any atom is -0.338 e. The van der Waals surface area contributed by atoms with Crippen LogP contribution in [-0.4, -0.2) is 24.9 Å². The molecule has 0 N–H and O–H groups in total. The SMILES string of the molecule is Cc1ccc(-n2c(SC(C)c3nc(C4CC4)no3)nnc2-c2ccccc2)cc1C. The molecule has 0 saturated heterocycles. The third kappa shape index (κ3) is 3.65. The van der Waals surface area contributed by atoms with Crippen molar-refractivity contribution >= 4 is 11.8 Å². The van der Waals surface area contributed by atoms with Crippen LogP contribution in [0.25, 0.3) is 17.1 Å². The maximum atomic E-state index is 5.53. The van der Waals surface area contributed by atoms with Crippen LogP contribution in [0.5, 0.6) is 0 Å². The molecule has 0 radical (unpaired) electrons. The summed E-state index contributed by atoms with van der Waals surface area (Å²) in [5.41, 5.74) is 4.56. The van der Waals surface area contributed by atoms with Crippen molar-refractivity contribution < 1.29 is 4.52 Å². The van der Waals surface area contributed by atoms with Crippen molar-refractivity contribution in [2.24, 2.45) is 0 Å². The largest absolute Gasteiger partial charge is 0.338 e. The maximum absolute atomic E-state index is 5.53. The predicted octanol–water partition coefficient (Wildman–Crippen LogP) is 5.66. The minimum absolute atomic E-state index is 0.0249. The van der Waals surface area contributed by atoms with Crippen LogP contribution in [0.4, 0.5) is 0 Å². The lowest BCUT2D eigenvalue weighted by Gasteiger charge is -2.13. The molecule has 1 saturated carbocycles. The molecular formula is C23H23N5OS. The van der Waals surface area contributed by atoms with E-state index >= 15 is 0 Å². The van der Waals surface area contributed by atoms with Crippen molar-refractivity contribution in [2.45, 2.75) is 49.9 Å². The minimum atomic E-state index is -0.0249. The van der Waals surface area contributed by atoms with E-state index in [-0.39, 0.29) is 5.25 Å². The fourth-order valence-corrected chi connectivity index (χ4v) is 4.24. The topological polar surface area (TPSA) is 69.6 Å². The van der Waals surface area contributed by atoms with Crippen LogP contribution in [0.1, 0.15) is 53.8 Å². The quantitative estimate of drug-likeness (QED) is 0.377. The van der Waals surface area contributed by atoms with Gasteiger partial charge in [-0.3, -0.25) is 4.57 Å². The van der Waals surface area contributed by atoms with Gasteiger partial charge >= 0.3 is 0 Å². The number of benzene rings is 2. The Labute approximate surface area is 179 Å². The van der Waals surface area contributed by atoms with E-state index in [1.165, 1.54) is 11.1 Å². The van der Waals surface area contributed by atoms with E-state index in [2.05, 4.69) is 76.0 Å². The normalized spacial score (nSPS) is 14.8. The van der Waals surface area contributed by atoms with Gasteiger partial charge < -0.3 is 4.52 Å². The molecule has 1 atom stereocenters. The first-order valence-corrected chi connectivity index (χ1v) is 11.1. The van der Waals surface area contributed by atoms with Gasteiger partial charge in [-0.1, -0.05) is 53.3 Å². The van der Waals surface area contributed by atoms with Gasteiger partial charge in [0, 0.05) is 11.5 Å². The van der Waals surface area contributed by atoms with Crippen molar-refractivity contribution in [1.29, 1.82) is 0 Å². The highest BCUT2D eigenvalue weighted by Crippen LogP contribution is 2.41. The monoisotopic (exact) mass is 417 g/mol. The molecule has 152 valence electrons. The molecule has 7 heteroatoms. The molecule has 1 fully saturated rings. The summed E-state index contributed by atoms with van der Waals surface area (Å²) in [6.07, 6.45) is 2.31. The number of hydrogen-bond acceptors (Lipinski definition) is 6. The smallest absolute Gasteiger partial charge is 0.239 e. The second-order valence-corrected chi connectivity index (χ2v) is 9.11. The Hall–Kier alpha value is -2.93. The number of thioether (sulfide) groups is 1. The van der Waals surface area contributed by atoms with E-state index in [1.807, 2.05) is 18.2 Å². The van der Waals surface area contributed by atoms with Crippen molar-refractivity contribution in [1.82, 2.24) is 24.9 Å². The van der Waals surface area contributed by atoms with E-state index in [0.29, 0.717) is 11.8 Å². The van der Waals surface area contributed by atoms with Crippen LogP contribution in [0, 0.1) is 13.8 Å². The highest BCUT2D eigenvalue weighted by Gasteiger charge is 2.30. The fraction of sp³-hybridized carbons (Fsp3) is 0.304. The predicted molar refractivity (Wildman–Crippen MR) is 117 cm³/mol. The zero-order valence-corrected chi connectivity index (χ0v) is 18.1. The highest BCUT2D eigenvalue weighted by molar-refractivity contribution is 7.99. The lowest BCUT2D eigenvalue weighted by molar-refractivity contribution is 0.374. The summed E-state index contributed by atoms with van der Waals surface area (Å²) in [5.74, 6) is 2.76. The van der Waals surface area contributed by atoms with Crippen molar-refractivity contribution in [3.63, 3.8) is 0 Å². The van der Waals surface area contributed by atoms with Gasteiger partial charge in [0.05, 0.1) is 10.9 Å². The second-order valence-electron chi connectivity index (χ2n) is 7.80. The third-order valence-electron chi connectivity index (χ3n) is 5.44. The molecular weight excluding hydrogens is 394 g/mol. The molecule has 0 bridgehead atoms. The van der Waals surface area contributed by atoms with Crippen LogP contribution in [-0.2, 0) is 0 Å². The first-order chi connectivity index (χ1) is 14.6.